The van der Waals surface area contributed by atoms with Gasteiger partial charge in [0.15, 0.2) is 6.10 Å². The van der Waals surface area contributed by atoms with E-state index in [0.717, 1.165) is 6.42 Å². The number of rotatable bonds is 1. The zero-order valence-electron chi connectivity index (χ0n) is 5.87. The number of methoxy groups -OCH3 is 1. The quantitative estimate of drug-likeness (QED) is 0.494. The van der Waals surface area contributed by atoms with Crippen molar-refractivity contribution in [2.75, 3.05) is 13.7 Å². The van der Waals surface area contributed by atoms with Gasteiger partial charge in [0.25, 0.3) is 0 Å². The molecule has 1 aliphatic heterocycles. The third-order valence-corrected chi connectivity index (χ3v) is 1.57. The van der Waals surface area contributed by atoms with E-state index in [9.17, 15) is 4.79 Å². The van der Waals surface area contributed by atoms with E-state index in [-0.39, 0.29) is 12.0 Å². The molecule has 0 aromatic carbocycles. The molecular formula is C6H11NO3. The van der Waals surface area contributed by atoms with Crippen LogP contribution in [0.4, 0.5) is 0 Å². The van der Waals surface area contributed by atoms with Crippen molar-refractivity contribution in [1.29, 1.82) is 0 Å². The molecule has 0 unspecified atom stereocenters. The number of nitrogens with two attached hydrogens (primary N) is 1. The van der Waals surface area contributed by atoms with Gasteiger partial charge in [0.1, 0.15) is 0 Å². The van der Waals surface area contributed by atoms with Gasteiger partial charge < -0.3 is 15.2 Å². The third-order valence-electron chi connectivity index (χ3n) is 1.57. The zero-order chi connectivity index (χ0) is 7.56. The lowest BCUT2D eigenvalue weighted by molar-refractivity contribution is -0.151. The molecule has 4 nitrogen and oxygen atoms in total. The maximum absolute atomic E-state index is 10.8. The van der Waals surface area contributed by atoms with Crippen LogP contribution in [0.5, 0.6) is 0 Å². The van der Waals surface area contributed by atoms with Gasteiger partial charge in [0.2, 0.25) is 0 Å². The highest BCUT2D eigenvalue weighted by Gasteiger charge is 2.31. The Morgan fingerprint density at radius 2 is 2.50 bits per heavy atom. The maximum atomic E-state index is 10.8. The minimum absolute atomic E-state index is 0.188. The van der Waals surface area contributed by atoms with E-state index >= 15 is 0 Å². The molecule has 2 atom stereocenters. The lowest BCUT2D eigenvalue weighted by Crippen LogP contribution is -2.37. The molecule has 1 fully saturated rings. The Labute approximate surface area is 59.3 Å². The van der Waals surface area contributed by atoms with E-state index in [1.54, 1.807) is 0 Å². The second-order valence-corrected chi connectivity index (χ2v) is 2.27. The van der Waals surface area contributed by atoms with Crippen LogP contribution in [-0.2, 0) is 14.3 Å². The number of ether oxygens (including phenoxy) is 2. The van der Waals surface area contributed by atoms with E-state index in [0.29, 0.717) is 6.61 Å². The fourth-order valence-corrected chi connectivity index (χ4v) is 0.965. The Balaban J connectivity index is 2.46. The highest BCUT2D eigenvalue weighted by molar-refractivity contribution is 5.75. The largest absolute Gasteiger partial charge is 0.467 e. The third kappa shape index (κ3) is 1.27. The van der Waals surface area contributed by atoms with E-state index in [2.05, 4.69) is 4.74 Å². The highest BCUT2D eigenvalue weighted by Crippen LogP contribution is 2.11. The fourth-order valence-electron chi connectivity index (χ4n) is 0.965. The fraction of sp³-hybridized carbons (Fsp3) is 0.833. The number of esters is 1. The summed E-state index contributed by atoms with van der Waals surface area (Å²) >= 11 is 0. The topological polar surface area (TPSA) is 61.5 Å². The molecule has 2 N–H and O–H groups in total. The second-order valence-electron chi connectivity index (χ2n) is 2.27. The summed E-state index contributed by atoms with van der Waals surface area (Å²) < 4.78 is 9.48. The van der Waals surface area contributed by atoms with Gasteiger partial charge in [-0.1, -0.05) is 0 Å². The molecule has 0 aromatic heterocycles. The van der Waals surface area contributed by atoms with Gasteiger partial charge >= 0.3 is 5.97 Å². The Kier molecular flexibility index (Phi) is 2.24. The molecule has 10 heavy (non-hydrogen) atoms. The molecular weight excluding hydrogens is 134 g/mol. The molecule has 0 spiro atoms. The van der Waals surface area contributed by atoms with Gasteiger partial charge in [-0.25, -0.2) is 4.79 Å². The molecule has 1 saturated heterocycles. The van der Waals surface area contributed by atoms with E-state index in [4.69, 9.17) is 10.5 Å². The monoisotopic (exact) mass is 145 g/mol. The zero-order valence-corrected chi connectivity index (χ0v) is 5.87. The first-order chi connectivity index (χ1) is 4.75. The lowest BCUT2D eigenvalue weighted by Gasteiger charge is -2.10. The number of carbonyl (C=O) groups is 1. The SMILES string of the molecule is COC(=O)[C@@H]1OCC[C@H]1N. The average molecular weight is 145 g/mol. The van der Waals surface area contributed by atoms with Gasteiger partial charge in [0, 0.05) is 12.6 Å². The molecule has 0 aromatic rings. The summed E-state index contributed by atoms with van der Waals surface area (Å²) in [5, 5.41) is 0. The van der Waals surface area contributed by atoms with Crippen molar-refractivity contribution in [3.8, 4) is 0 Å². The Bertz CT molecular complexity index is 137. The predicted octanol–water partition coefficient (Wildman–Crippen LogP) is -0.724. The Morgan fingerprint density at radius 1 is 1.80 bits per heavy atom. The Hall–Kier alpha value is -0.610. The van der Waals surface area contributed by atoms with Crippen LogP contribution in [0.2, 0.25) is 0 Å². The van der Waals surface area contributed by atoms with Crippen LogP contribution in [0.1, 0.15) is 6.42 Å². The molecule has 0 bridgehead atoms. The van der Waals surface area contributed by atoms with Crippen LogP contribution in [0.3, 0.4) is 0 Å². The van der Waals surface area contributed by atoms with Crippen molar-refractivity contribution in [2.24, 2.45) is 5.73 Å². The average Bonchev–Trinajstić information content (AvgIpc) is 2.34. The van der Waals surface area contributed by atoms with Crippen molar-refractivity contribution >= 4 is 5.97 Å². The molecule has 1 heterocycles. The van der Waals surface area contributed by atoms with Crippen LogP contribution in [-0.4, -0.2) is 31.8 Å². The first-order valence-electron chi connectivity index (χ1n) is 3.20. The van der Waals surface area contributed by atoms with Gasteiger partial charge in [-0.3, -0.25) is 0 Å². The molecule has 1 rings (SSSR count). The molecule has 0 aliphatic carbocycles. The van der Waals surface area contributed by atoms with Crippen LogP contribution < -0.4 is 5.73 Å². The first kappa shape index (κ1) is 7.50. The predicted molar refractivity (Wildman–Crippen MR) is 34.3 cm³/mol. The van der Waals surface area contributed by atoms with Crippen LogP contribution >= 0.6 is 0 Å². The summed E-state index contributed by atoms with van der Waals surface area (Å²) in [5.41, 5.74) is 5.53. The minimum Gasteiger partial charge on any atom is -0.467 e. The summed E-state index contributed by atoms with van der Waals surface area (Å²) in [5.74, 6) is -0.370. The standard InChI is InChI=1S/C6H11NO3/c1-9-6(8)5-4(7)2-3-10-5/h4-5H,2-3,7H2,1H3/t4-,5-/m1/s1. The number of hydrogen-bond donors (Lipinski definition) is 1. The summed E-state index contributed by atoms with van der Waals surface area (Å²) in [4.78, 5) is 10.8. The van der Waals surface area contributed by atoms with Gasteiger partial charge in [-0.05, 0) is 6.42 Å². The van der Waals surface area contributed by atoms with Gasteiger partial charge in [0.05, 0.1) is 7.11 Å². The second kappa shape index (κ2) is 2.98. The Morgan fingerprint density at radius 3 is 2.90 bits per heavy atom. The van der Waals surface area contributed by atoms with Crippen LogP contribution in [0, 0.1) is 0 Å². The van der Waals surface area contributed by atoms with Crippen LogP contribution in [0.25, 0.3) is 0 Å². The normalized spacial score (nSPS) is 32.2. The van der Waals surface area contributed by atoms with Crippen molar-refractivity contribution in [3.05, 3.63) is 0 Å². The van der Waals surface area contributed by atoms with Crippen molar-refractivity contribution < 1.29 is 14.3 Å². The van der Waals surface area contributed by atoms with Crippen LogP contribution in [0.15, 0.2) is 0 Å². The van der Waals surface area contributed by atoms with Crippen molar-refractivity contribution in [2.45, 2.75) is 18.6 Å². The van der Waals surface area contributed by atoms with Gasteiger partial charge in [-0.15, -0.1) is 0 Å². The van der Waals surface area contributed by atoms with Gasteiger partial charge in [-0.2, -0.15) is 0 Å². The smallest absolute Gasteiger partial charge is 0.336 e. The van der Waals surface area contributed by atoms with E-state index in [1.165, 1.54) is 7.11 Å². The highest BCUT2D eigenvalue weighted by atomic mass is 16.6. The lowest BCUT2D eigenvalue weighted by atomic mass is 10.1. The molecule has 0 radical (unpaired) electrons. The maximum Gasteiger partial charge on any atom is 0.336 e. The van der Waals surface area contributed by atoms with Crippen molar-refractivity contribution in [3.63, 3.8) is 0 Å². The summed E-state index contributed by atoms with van der Waals surface area (Å²) in [7, 11) is 1.33. The molecule has 1 aliphatic rings. The molecule has 0 saturated carbocycles. The number of hydrogen-bond acceptors (Lipinski definition) is 4. The van der Waals surface area contributed by atoms with Crippen molar-refractivity contribution in [1.82, 2.24) is 0 Å². The summed E-state index contributed by atoms with van der Waals surface area (Å²) in [6.07, 6.45) is 0.199. The van der Waals surface area contributed by atoms with E-state index in [1.807, 2.05) is 0 Å². The number of carbonyl (C=O) groups excluding carboxylic acids is 1. The molecule has 0 amide bonds. The molecule has 58 valence electrons. The summed E-state index contributed by atoms with van der Waals surface area (Å²) in [6.45, 7) is 0.556. The molecule has 4 heteroatoms. The minimum atomic E-state index is -0.537. The first-order valence-corrected chi connectivity index (χ1v) is 3.20. The summed E-state index contributed by atoms with van der Waals surface area (Å²) in [6, 6.07) is -0.188. The van der Waals surface area contributed by atoms with E-state index < -0.39 is 6.10 Å².